The predicted octanol–water partition coefficient (Wildman–Crippen LogP) is -0.801. The fourth-order valence-corrected chi connectivity index (χ4v) is 6.02. The lowest BCUT2D eigenvalue weighted by atomic mass is 9.56. The number of Topliss-reactive ketones (excluding diaryl/α,β-unsaturated/α-hetero) is 2. The molecule has 3 aliphatic rings. The molecule has 10 heteroatoms. The van der Waals surface area contributed by atoms with E-state index in [1.54, 1.807) is 25.1 Å². The molecule has 10 nitrogen and oxygen atoms in total. The number of aliphatic hydroxyl groups excluding tert-OH is 2. The van der Waals surface area contributed by atoms with Crippen molar-refractivity contribution in [3.63, 3.8) is 0 Å². The zero-order chi connectivity index (χ0) is 26.7. The highest BCUT2D eigenvalue weighted by Crippen LogP contribution is 2.52. The van der Waals surface area contributed by atoms with Gasteiger partial charge in [-0.2, -0.15) is 0 Å². The van der Waals surface area contributed by atoms with E-state index < -0.39 is 58.7 Å². The first-order valence-electron chi connectivity index (χ1n) is 11.7. The molecule has 0 aliphatic heterocycles. The number of allylic oxidation sites excluding steroid dienone is 1. The second-order valence-electron chi connectivity index (χ2n) is 10.3. The normalized spacial score (nSPS) is 31.5. The lowest BCUT2D eigenvalue weighted by Gasteiger charge is -2.53. The minimum atomic E-state index is -2.59. The summed E-state index contributed by atoms with van der Waals surface area (Å²) in [6.45, 7) is 0.486. The molecule has 192 valence electrons. The van der Waals surface area contributed by atoms with E-state index in [9.17, 15) is 34.8 Å². The van der Waals surface area contributed by atoms with Gasteiger partial charge in [0.1, 0.15) is 17.4 Å². The van der Waals surface area contributed by atoms with Crippen molar-refractivity contribution < 1.29 is 34.8 Å². The summed E-state index contributed by atoms with van der Waals surface area (Å²) in [7, 11) is 6.99. The van der Waals surface area contributed by atoms with Crippen molar-refractivity contribution in [2.24, 2.45) is 23.5 Å². The van der Waals surface area contributed by atoms with Crippen LogP contribution in [0.2, 0.25) is 0 Å². The van der Waals surface area contributed by atoms with Crippen LogP contribution < -0.4 is 5.73 Å². The molecule has 1 aromatic carbocycles. The van der Waals surface area contributed by atoms with Gasteiger partial charge >= 0.3 is 0 Å². The molecular weight excluding hydrogens is 466 g/mol. The third-order valence-corrected chi connectivity index (χ3v) is 7.60. The number of benzene rings is 1. The summed E-state index contributed by atoms with van der Waals surface area (Å²) in [5, 5.41) is 44.4. The van der Waals surface area contributed by atoms with Crippen molar-refractivity contribution in [1.29, 1.82) is 0 Å². The van der Waals surface area contributed by atoms with Gasteiger partial charge in [0.15, 0.2) is 17.2 Å². The summed E-state index contributed by atoms with van der Waals surface area (Å²) in [5.74, 6) is -1.47. The van der Waals surface area contributed by atoms with Gasteiger partial charge in [0, 0.05) is 23.1 Å². The van der Waals surface area contributed by atoms with E-state index in [1.807, 2.05) is 19.0 Å². The summed E-state index contributed by atoms with van der Waals surface area (Å²) in [4.78, 5) is 42.5. The Hall–Kier alpha value is -3.23. The Balaban J connectivity index is 1.90. The van der Waals surface area contributed by atoms with Crippen LogP contribution in [-0.2, 0) is 16.0 Å². The zero-order valence-corrected chi connectivity index (χ0v) is 20.6. The maximum absolute atomic E-state index is 13.6. The van der Waals surface area contributed by atoms with Crippen LogP contribution >= 0.6 is 0 Å². The SMILES string of the molecule is CN(C)CC#Cc1ccc(O)c2c1CC1CC3[C@H](N(C)C)C(O)C(C(N)=O)C(=O)[C@@]3(O)C(O)=C1C2=O. The van der Waals surface area contributed by atoms with Crippen LogP contribution in [0.4, 0.5) is 0 Å². The van der Waals surface area contributed by atoms with Crippen LogP contribution in [0.1, 0.15) is 27.9 Å². The van der Waals surface area contributed by atoms with Crippen molar-refractivity contribution in [2.75, 3.05) is 34.7 Å². The van der Waals surface area contributed by atoms with E-state index >= 15 is 0 Å². The van der Waals surface area contributed by atoms with Crippen molar-refractivity contribution in [3.05, 3.63) is 40.2 Å². The third-order valence-electron chi connectivity index (χ3n) is 7.60. The molecule has 1 aromatic rings. The molecule has 0 aromatic heterocycles. The number of fused-ring (bicyclic) bond motifs is 3. The molecule has 0 radical (unpaired) electrons. The van der Waals surface area contributed by atoms with E-state index in [-0.39, 0.29) is 29.7 Å². The average Bonchev–Trinajstić information content (AvgIpc) is 2.77. The lowest BCUT2D eigenvalue weighted by Crippen LogP contribution is -2.71. The molecule has 0 bridgehead atoms. The predicted molar refractivity (Wildman–Crippen MR) is 129 cm³/mol. The number of aromatic hydroxyl groups is 1. The highest BCUT2D eigenvalue weighted by molar-refractivity contribution is 6.15. The van der Waals surface area contributed by atoms with E-state index in [0.717, 1.165) is 0 Å². The molecule has 6 atom stereocenters. The number of carbonyl (C=O) groups is 3. The van der Waals surface area contributed by atoms with Gasteiger partial charge < -0.3 is 31.1 Å². The van der Waals surface area contributed by atoms with Gasteiger partial charge in [0.2, 0.25) is 5.91 Å². The van der Waals surface area contributed by atoms with Crippen LogP contribution in [0.15, 0.2) is 23.5 Å². The second-order valence-corrected chi connectivity index (χ2v) is 10.3. The molecular formula is C26H31N3O7. The van der Waals surface area contributed by atoms with Gasteiger partial charge in [-0.15, -0.1) is 0 Å². The van der Waals surface area contributed by atoms with Crippen molar-refractivity contribution >= 4 is 17.5 Å². The largest absolute Gasteiger partial charge is 0.508 e. The highest BCUT2D eigenvalue weighted by atomic mass is 16.3. The van der Waals surface area contributed by atoms with Crippen LogP contribution in [0.5, 0.6) is 5.75 Å². The molecule has 0 heterocycles. The lowest BCUT2D eigenvalue weighted by molar-refractivity contribution is -0.178. The second kappa shape index (κ2) is 9.01. The molecule has 0 saturated heterocycles. The summed E-state index contributed by atoms with van der Waals surface area (Å²) < 4.78 is 0. The van der Waals surface area contributed by atoms with Crippen molar-refractivity contribution in [3.8, 4) is 17.6 Å². The number of hydrogen-bond acceptors (Lipinski definition) is 9. The Morgan fingerprint density at radius 2 is 1.86 bits per heavy atom. The van der Waals surface area contributed by atoms with Crippen molar-refractivity contribution in [1.82, 2.24) is 9.80 Å². The van der Waals surface area contributed by atoms with E-state index in [4.69, 9.17) is 5.73 Å². The molecule has 0 spiro atoms. The summed E-state index contributed by atoms with van der Waals surface area (Å²) in [5.41, 5.74) is 3.67. The first kappa shape index (κ1) is 25.9. The maximum atomic E-state index is 13.6. The summed E-state index contributed by atoms with van der Waals surface area (Å²) in [6.07, 6.45) is -1.22. The van der Waals surface area contributed by atoms with E-state index in [1.165, 1.54) is 6.07 Å². The first-order valence-corrected chi connectivity index (χ1v) is 11.7. The number of ketones is 2. The molecule has 4 unspecified atom stereocenters. The van der Waals surface area contributed by atoms with Crippen LogP contribution in [0.25, 0.3) is 0 Å². The van der Waals surface area contributed by atoms with E-state index in [0.29, 0.717) is 17.7 Å². The van der Waals surface area contributed by atoms with Gasteiger partial charge in [-0.1, -0.05) is 11.8 Å². The topological polar surface area (TPSA) is 165 Å². The number of amides is 1. The standard InChI is InChI=1S/C26H31N3O7/c1-28(2)9-5-6-12-7-8-16(30)18-14(12)10-13-11-15-20(29(3)4)22(32)19(25(27)35)24(34)26(15,36)23(33)17(13)21(18)31/h7-8,13,15,19-20,22,30,32-33,36H,9-11H2,1-4H3,(H2,27,35)/t13?,15?,19?,20-,22?,26-/m0/s1. The highest BCUT2D eigenvalue weighted by Gasteiger charge is 2.66. The Kier molecular flexibility index (Phi) is 6.47. The number of phenolic OH excluding ortho intramolecular Hbond substituents is 1. The summed E-state index contributed by atoms with van der Waals surface area (Å²) >= 11 is 0. The Bertz CT molecular complexity index is 1240. The number of hydrogen-bond donors (Lipinski definition) is 5. The maximum Gasteiger partial charge on any atom is 0.230 e. The Morgan fingerprint density at radius 1 is 1.19 bits per heavy atom. The number of carbonyl (C=O) groups excluding carboxylic acids is 3. The number of rotatable bonds is 3. The van der Waals surface area contributed by atoms with Gasteiger partial charge in [-0.25, -0.2) is 0 Å². The average molecular weight is 498 g/mol. The minimum absolute atomic E-state index is 0.0367. The fraction of sp³-hybridized carbons (Fsp3) is 0.500. The molecule has 4 rings (SSSR count). The fourth-order valence-electron chi connectivity index (χ4n) is 6.02. The van der Waals surface area contributed by atoms with Crippen molar-refractivity contribution in [2.45, 2.75) is 30.6 Å². The first-order chi connectivity index (χ1) is 16.8. The Morgan fingerprint density at radius 3 is 2.44 bits per heavy atom. The van der Waals surface area contributed by atoms with Gasteiger partial charge in [-0.3, -0.25) is 19.3 Å². The summed E-state index contributed by atoms with van der Waals surface area (Å²) in [6, 6.07) is 2.07. The minimum Gasteiger partial charge on any atom is -0.508 e. The smallest absolute Gasteiger partial charge is 0.230 e. The zero-order valence-electron chi connectivity index (χ0n) is 20.6. The van der Waals surface area contributed by atoms with Gasteiger partial charge in [0.05, 0.1) is 18.2 Å². The molecule has 1 saturated carbocycles. The molecule has 3 aliphatic carbocycles. The van der Waals surface area contributed by atoms with Crippen LogP contribution in [-0.4, -0.2) is 100 Å². The van der Waals surface area contributed by atoms with Crippen LogP contribution in [0.3, 0.4) is 0 Å². The number of aliphatic hydroxyl groups is 3. The number of nitrogens with zero attached hydrogens (tertiary/aromatic N) is 2. The number of primary amides is 1. The monoisotopic (exact) mass is 497 g/mol. The molecule has 36 heavy (non-hydrogen) atoms. The number of nitrogens with two attached hydrogens (primary N) is 1. The molecule has 6 N–H and O–H groups in total. The number of likely N-dealkylation sites (N-methyl/N-ethyl adjacent to an activating group) is 1. The van der Waals surface area contributed by atoms with E-state index in [2.05, 4.69) is 11.8 Å². The Labute approximate surface area is 209 Å². The third kappa shape index (κ3) is 3.71. The number of phenols is 1. The molecule has 1 amide bonds. The van der Waals surface area contributed by atoms with Crippen LogP contribution in [0, 0.1) is 29.6 Å². The van der Waals surface area contributed by atoms with Gasteiger partial charge in [0.25, 0.3) is 0 Å². The van der Waals surface area contributed by atoms with Gasteiger partial charge in [-0.05, 0) is 64.6 Å². The molecule has 1 fully saturated rings. The quantitative estimate of drug-likeness (QED) is 0.266.